The lowest BCUT2D eigenvalue weighted by atomic mass is 9.96. The number of azide groups is 1. The second-order valence-electron chi connectivity index (χ2n) is 10.3. The molecule has 3 aliphatic rings. The van der Waals surface area contributed by atoms with Crippen molar-refractivity contribution in [1.29, 1.82) is 0 Å². The normalized spacial score (nSPS) is 34.5. The van der Waals surface area contributed by atoms with Crippen LogP contribution in [0.4, 0.5) is 0 Å². The van der Waals surface area contributed by atoms with Crippen LogP contribution in [0.15, 0.2) is 5.11 Å². The molecular weight excluding hydrogens is 582 g/mol. The van der Waals surface area contributed by atoms with Gasteiger partial charge in [-0.3, -0.25) is 24.0 Å². The Morgan fingerprint density at radius 3 is 1.74 bits per heavy atom. The highest BCUT2D eigenvalue weighted by molar-refractivity contribution is 5.68. The van der Waals surface area contributed by atoms with Gasteiger partial charge in [0.1, 0.15) is 43.7 Å². The van der Waals surface area contributed by atoms with Gasteiger partial charge in [0.05, 0.1) is 0 Å². The molecule has 0 aromatic heterocycles. The third-order valence-electron chi connectivity index (χ3n) is 6.30. The summed E-state index contributed by atoms with van der Waals surface area (Å²) in [6.45, 7) is 8.06. The number of hydrogen-bond acceptors (Lipinski definition) is 16. The van der Waals surface area contributed by atoms with Crippen LogP contribution in [0.5, 0.6) is 0 Å². The molecule has 3 rings (SSSR count). The van der Waals surface area contributed by atoms with E-state index in [9.17, 15) is 24.0 Å². The van der Waals surface area contributed by atoms with E-state index in [4.69, 9.17) is 52.9 Å². The van der Waals surface area contributed by atoms with Crippen molar-refractivity contribution in [3.05, 3.63) is 10.4 Å². The number of rotatable bonds is 10. The van der Waals surface area contributed by atoms with Crippen LogP contribution in [-0.2, 0) is 71.3 Å². The van der Waals surface area contributed by atoms with Crippen LogP contribution in [0, 0.1) is 0 Å². The Morgan fingerprint density at radius 2 is 1.21 bits per heavy atom. The van der Waals surface area contributed by atoms with E-state index in [0.29, 0.717) is 0 Å². The molecule has 3 aliphatic heterocycles. The van der Waals surface area contributed by atoms with Gasteiger partial charge in [0.2, 0.25) is 0 Å². The van der Waals surface area contributed by atoms with E-state index in [1.165, 1.54) is 6.92 Å². The van der Waals surface area contributed by atoms with E-state index in [1.807, 2.05) is 0 Å². The van der Waals surface area contributed by atoms with Crippen LogP contribution < -0.4 is 0 Å². The van der Waals surface area contributed by atoms with Crippen molar-refractivity contribution in [3.63, 3.8) is 0 Å². The molecule has 0 aromatic rings. The third kappa shape index (κ3) is 8.98. The van der Waals surface area contributed by atoms with Gasteiger partial charge < -0.3 is 47.4 Å². The fourth-order valence-electron chi connectivity index (χ4n) is 4.93. The fourth-order valence-corrected chi connectivity index (χ4v) is 4.93. The predicted molar refractivity (Wildman–Crippen MR) is 135 cm³/mol. The number of ether oxygens (including phenoxy) is 10. The lowest BCUT2D eigenvalue weighted by molar-refractivity contribution is -0.334. The second-order valence-corrected chi connectivity index (χ2v) is 10.3. The zero-order valence-electron chi connectivity index (χ0n) is 24.7. The van der Waals surface area contributed by atoms with E-state index in [1.54, 1.807) is 13.8 Å². The highest BCUT2D eigenvalue weighted by Gasteiger charge is 2.59. The summed E-state index contributed by atoms with van der Waals surface area (Å²) in [5, 5.41) is 3.51. The Hall–Kier alpha value is -3.54. The zero-order valence-corrected chi connectivity index (χ0v) is 24.7. The van der Waals surface area contributed by atoms with Gasteiger partial charge in [-0.25, -0.2) is 0 Å². The van der Waals surface area contributed by atoms with Crippen molar-refractivity contribution in [3.8, 4) is 0 Å². The molecule has 0 aromatic carbocycles. The zero-order chi connectivity index (χ0) is 32.1. The van der Waals surface area contributed by atoms with E-state index in [-0.39, 0.29) is 6.61 Å². The summed E-state index contributed by atoms with van der Waals surface area (Å²) in [7, 11) is 0. The van der Waals surface area contributed by atoms with Crippen molar-refractivity contribution in [2.24, 2.45) is 5.11 Å². The van der Waals surface area contributed by atoms with Crippen LogP contribution >= 0.6 is 0 Å². The molecule has 0 unspecified atom stereocenters. The van der Waals surface area contributed by atoms with E-state index < -0.39 is 104 Å². The lowest BCUT2D eigenvalue weighted by Gasteiger charge is -2.47. The largest absolute Gasteiger partial charge is 0.463 e. The average Bonchev–Trinajstić information content (AvgIpc) is 3.21. The monoisotopic (exact) mass is 617 g/mol. The summed E-state index contributed by atoms with van der Waals surface area (Å²) in [5.41, 5.74) is 9.12. The molecule has 3 heterocycles. The molecule has 0 saturated carbocycles. The van der Waals surface area contributed by atoms with Gasteiger partial charge in [0.25, 0.3) is 0 Å². The quantitative estimate of drug-likeness (QED) is 0.107. The van der Waals surface area contributed by atoms with Crippen molar-refractivity contribution < 1.29 is 71.3 Å². The van der Waals surface area contributed by atoms with Crippen LogP contribution in [0.3, 0.4) is 0 Å². The number of carbonyl (C=O) groups is 5. The number of hydrogen-bond donors (Lipinski definition) is 0. The maximum Gasteiger partial charge on any atom is 0.303 e. The minimum absolute atomic E-state index is 0.303. The number of fused-ring (bicyclic) bond motifs is 1. The Kier molecular flexibility index (Phi) is 11.3. The first-order chi connectivity index (χ1) is 20.1. The lowest BCUT2D eigenvalue weighted by Crippen LogP contribution is -2.65. The van der Waals surface area contributed by atoms with Crippen molar-refractivity contribution in [2.75, 3.05) is 13.2 Å². The average molecular weight is 618 g/mol. The molecule has 0 amide bonds. The maximum atomic E-state index is 12.2. The summed E-state index contributed by atoms with van der Waals surface area (Å²) >= 11 is 0. The van der Waals surface area contributed by atoms with Gasteiger partial charge in [-0.15, -0.1) is 0 Å². The SMILES string of the molecule is CC(=O)OC[C@H]1O[C@@H](O[C@H]2[C@H](OC(C)=O)[C@@H](OC(C)=O)[C@H](N=[N+]=[N-])O[C@@H]2COC(C)=O)[C@H](OC(C)=O)[C@H]2OC(C)(C)O[C@H]21. The van der Waals surface area contributed by atoms with Gasteiger partial charge in [-0.1, -0.05) is 5.11 Å². The molecular formula is C25H35N3O15. The molecule has 10 atom stereocenters. The molecule has 18 nitrogen and oxygen atoms in total. The first-order valence-electron chi connectivity index (χ1n) is 13.3. The molecule has 0 bridgehead atoms. The van der Waals surface area contributed by atoms with Crippen LogP contribution in [0.25, 0.3) is 10.4 Å². The Morgan fingerprint density at radius 1 is 0.698 bits per heavy atom. The summed E-state index contributed by atoms with van der Waals surface area (Å²) in [5.74, 6) is -4.90. The van der Waals surface area contributed by atoms with Gasteiger partial charge in [-0.2, -0.15) is 0 Å². The molecule has 0 radical (unpaired) electrons. The standard InChI is InChI=1S/C25H35N3O15/c1-10(29)34-8-15-17(19(36-12(3)31)21(37-13(4)32)23(39-15)27-28-26)41-24-22(38-14(5)33)20-18(42-25(6,7)43-20)16(40-24)9-35-11(2)30/h15-24H,8-9H2,1-7H3/t15-,16-,17-,18+,19+,20+,21-,22-,23-,24+/m1/s1. The third-order valence-corrected chi connectivity index (χ3v) is 6.30. The summed E-state index contributed by atoms with van der Waals surface area (Å²) in [6, 6.07) is 0. The first-order valence-corrected chi connectivity index (χ1v) is 13.3. The summed E-state index contributed by atoms with van der Waals surface area (Å²) in [6.07, 6.45) is -13.1. The van der Waals surface area contributed by atoms with Crippen LogP contribution in [0.2, 0.25) is 0 Å². The molecule has 240 valence electrons. The molecule has 3 saturated heterocycles. The molecule has 0 aliphatic carbocycles. The van der Waals surface area contributed by atoms with Gasteiger partial charge in [-0.05, 0) is 19.4 Å². The first kappa shape index (κ1) is 34.0. The van der Waals surface area contributed by atoms with E-state index >= 15 is 0 Å². The van der Waals surface area contributed by atoms with E-state index in [0.717, 1.165) is 27.7 Å². The van der Waals surface area contributed by atoms with E-state index in [2.05, 4.69) is 10.0 Å². The van der Waals surface area contributed by atoms with Crippen LogP contribution in [0.1, 0.15) is 48.5 Å². The van der Waals surface area contributed by atoms with Crippen molar-refractivity contribution in [2.45, 2.75) is 116 Å². The summed E-state index contributed by atoms with van der Waals surface area (Å²) in [4.78, 5) is 62.4. The minimum atomic E-state index is -1.54. The molecule has 18 heteroatoms. The topological polar surface area (TPSA) is 226 Å². The summed E-state index contributed by atoms with van der Waals surface area (Å²) < 4.78 is 56.8. The number of esters is 5. The number of nitrogens with zero attached hydrogens (tertiary/aromatic N) is 3. The van der Waals surface area contributed by atoms with Crippen LogP contribution in [-0.4, -0.2) is 110 Å². The molecule has 0 spiro atoms. The van der Waals surface area contributed by atoms with Crippen molar-refractivity contribution in [1.82, 2.24) is 0 Å². The smallest absolute Gasteiger partial charge is 0.303 e. The Labute approximate surface area is 246 Å². The highest BCUT2D eigenvalue weighted by atomic mass is 16.8. The number of carbonyl (C=O) groups excluding carboxylic acids is 5. The molecule has 43 heavy (non-hydrogen) atoms. The highest BCUT2D eigenvalue weighted by Crippen LogP contribution is 2.41. The van der Waals surface area contributed by atoms with Gasteiger partial charge in [0.15, 0.2) is 36.6 Å². The molecule has 3 fully saturated rings. The minimum Gasteiger partial charge on any atom is -0.463 e. The van der Waals surface area contributed by atoms with Gasteiger partial charge in [0, 0.05) is 39.5 Å². The Balaban J connectivity index is 2.07. The van der Waals surface area contributed by atoms with Gasteiger partial charge >= 0.3 is 29.8 Å². The predicted octanol–water partition coefficient (Wildman–Crippen LogP) is 0.573. The molecule has 0 N–H and O–H groups in total. The van der Waals surface area contributed by atoms with Crippen molar-refractivity contribution >= 4 is 29.8 Å². The fraction of sp³-hybridized carbons (Fsp3) is 0.800. The second kappa shape index (κ2) is 14.3. The Bertz CT molecular complexity index is 1130. The maximum absolute atomic E-state index is 12.2.